The number of fused-ring (bicyclic) bond motifs is 1. The maximum Gasteiger partial charge on any atom is 0.433 e. The maximum atomic E-state index is 12.7. The van der Waals surface area contributed by atoms with E-state index in [1.165, 1.54) is 10.0 Å². The Morgan fingerprint density at radius 2 is 1.43 bits per heavy atom. The van der Waals surface area contributed by atoms with Gasteiger partial charge >= 0.3 is 12.2 Å². The van der Waals surface area contributed by atoms with Crippen LogP contribution in [0.15, 0.2) is 72.4 Å². The van der Waals surface area contributed by atoms with Crippen molar-refractivity contribution in [2.75, 3.05) is 0 Å². The smallest absolute Gasteiger partial charge is 0.433 e. The van der Waals surface area contributed by atoms with Crippen LogP contribution >= 0.6 is 0 Å². The van der Waals surface area contributed by atoms with Gasteiger partial charge in [-0.15, -0.1) is 0 Å². The fourth-order valence-corrected chi connectivity index (χ4v) is 3.50. The fourth-order valence-electron chi connectivity index (χ4n) is 3.50. The molecule has 144 valence electrons. The number of nitrogens with zero attached hydrogens (tertiary/aromatic N) is 2. The number of hydrazine groups is 1. The van der Waals surface area contributed by atoms with Crippen LogP contribution in [0.5, 0.6) is 0 Å². The summed E-state index contributed by atoms with van der Waals surface area (Å²) < 4.78 is 10.9. The van der Waals surface area contributed by atoms with Gasteiger partial charge in [-0.1, -0.05) is 66.7 Å². The summed E-state index contributed by atoms with van der Waals surface area (Å²) in [7, 11) is 0. The number of carbonyl (C=O) groups is 2. The number of amides is 2. The van der Waals surface area contributed by atoms with Crippen LogP contribution in [0.2, 0.25) is 0 Å². The van der Waals surface area contributed by atoms with Crippen molar-refractivity contribution in [2.45, 2.75) is 38.5 Å². The van der Waals surface area contributed by atoms with Crippen LogP contribution in [0.1, 0.15) is 30.4 Å². The van der Waals surface area contributed by atoms with Gasteiger partial charge in [0.2, 0.25) is 0 Å². The van der Waals surface area contributed by atoms with E-state index >= 15 is 0 Å². The van der Waals surface area contributed by atoms with Crippen molar-refractivity contribution >= 4 is 12.2 Å². The van der Waals surface area contributed by atoms with Crippen LogP contribution in [0.3, 0.4) is 0 Å². The molecule has 0 saturated carbocycles. The average molecular weight is 378 g/mol. The standard InChI is InChI=1S/C22H22N2O4/c25-21(27-15-17-9-3-1-4-10-17)23-19-13-7-8-14-20(19)24(23)22(26)28-16-18-11-5-2-6-12-18/h1-6,9-13,20H,7-8,14-16H2. The van der Waals surface area contributed by atoms with E-state index in [1.54, 1.807) is 0 Å². The van der Waals surface area contributed by atoms with Gasteiger partial charge in [-0.2, -0.15) is 10.0 Å². The van der Waals surface area contributed by atoms with E-state index in [1.807, 2.05) is 66.7 Å². The zero-order chi connectivity index (χ0) is 19.3. The van der Waals surface area contributed by atoms with Crippen molar-refractivity contribution in [3.63, 3.8) is 0 Å². The lowest BCUT2D eigenvalue weighted by Crippen LogP contribution is -2.66. The number of benzene rings is 2. The quantitative estimate of drug-likeness (QED) is 0.778. The lowest BCUT2D eigenvalue weighted by molar-refractivity contribution is -0.0889. The third kappa shape index (κ3) is 3.71. The first-order valence-corrected chi connectivity index (χ1v) is 9.45. The van der Waals surface area contributed by atoms with Gasteiger partial charge in [0.25, 0.3) is 0 Å². The second-order valence-electron chi connectivity index (χ2n) is 6.81. The Labute approximate surface area is 163 Å². The van der Waals surface area contributed by atoms with Crippen LogP contribution in [-0.4, -0.2) is 28.2 Å². The number of carbonyl (C=O) groups excluding carboxylic acids is 2. The van der Waals surface area contributed by atoms with Crippen molar-refractivity contribution < 1.29 is 19.1 Å². The molecule has 0 N–H and O–H groups in total. The molecule has 1 aliphatic heterocycles. The van der Waals surface area contributed by atoms with Crippen molar-refractivity contribution in [1.82, 2.24) is 10.0 Å². The molecular formula is C22H22N2O4. The Morgan fingerprint density at radius 3 is 2.04 bits per heavy atom. The highest BCUT2D eigenvalue weighted by Gasteiger charge is 2.50. The molecule has 1 unspecified atom stereocenters. The molecule has 2 aromatic rings. The minimum absolute atomic E-state index is 0.124. The molecule has 1 saturated heterocycles. The maximum absolute atomic E-state index is 12.7. The minimum Gasteiger partial charge on any atom is -0.443 e. The molecule has 28 heavy (non-hydrogen) atoms. The van der Waals surface area contributed by atoms with E-state index in [0.29, 0.717) is 0 Å². The molecule has 1 fully saturated rings. The number of hydrogen-bond donors (Lipinski definition) is 0. The molecule has 0 bridgehead atoms. The predicted octanol–water partition coefficient (Wildman–Crippen LogP) is 4.63. The van der Waals surface area contributed by atoms with Gasteiger partial charge < -0.3 is 9.47 Å². The average Bonchev–Trinajstić information content (AvgIpc) is 2.73. The van der Waals surface area contributed by atoms with Gasteiger partial charge in [0.05, 0.1) is 11.7 Å². The van der Waals surface area contributed by atoms with Crippen molar-refractivity contribution in [2.24, 2.45) is 0 Å². The van der Waals surface area contributed by atoms with Crippen LogP contribution in [-0.2, 0) is 22.7 Å². The second kappa shape index (κ2) is 8.17. The summed E-state index contributed by atoms with van der Waals surface area (Å²) >= 11 is 0. The predicted molar refractivity (Wildman–Crippen MR) is 103 cm³/mol. The second-order valence-corrected chi connectivity index (χ2v) is 6.81. The van der Waals surface area contributed by atoms with Crippen molar-refractivity contribution in [1.29, 1.82) is 0 Å². The van der Waals surface area contributed by atoms with E-state index in [-0.39, 0.29) is 19.3 Å². The highest BCUT2D eigenvalue weighted by Crippen LogP contribution is 2.38. The van der Waals surface area contributed by atoms with Crippen LogP contribution in [0.25, 0.3) is 0 Å². The largest absolute Gasteiger partial charge is 0.443 e. The highest BCUT2D eigenvalue weighted by molar-refractivity contribution is 5.79. The first-order chi connectivity index (χ1) is 13.7. The molecular weight excluding hydrogens is 356 g/mol. The SMILES string of the molecule is O=C(OCc1ccccc1)N1C2=CCCCC2N1C(=O)OCc1ccccc1. The number of hydrogen-bond acceptors (Lipinski definition) is 4. The Balaban J connectivity index is 1.42. The van der Waals surface area contributed by atoms with Gasteiger partial charge in [-0.05, 0) is 30.4 Å². The summed E-state index contributed by atoms with van der Waals surface area (Å²) in [6.07, 6.45) is 3.58. The zero-order valence-corrected chi connectivity index (χ0v) is 15.5. The van der Waals surface area contributed by atoms with E-state index in [4.69, 9.17) is 9.47 Å². The molecule has 4 rings (SSSR count). The van der Waals surface area contributed by atoms with Gasteiger partial charge in [0.1, 0.15) is 13.2 Å². The molecule has 6 nitrogen and oxygen atoms in total. The topological polar surface area (TPSA) is 59.1 Å². The van der Waals surface area contributed by atoms with Gasteiger partial charge in [-0.25, -0.2) is 9.59 Å². The first kappa shape index (κ1) is 18.1. The molecule has 0 radical (unpaired) electrons. The molecule has 2 aliphatic rings. The highest BCUT2D eigenvalue weighted by atomic mass is 16.6. The van der Waals surface area contributed by atoms with Gasteiger partial charge in [0, 0.05) is 0 Å². The summed E-state index contributed by atoms with van der Waals surface area (Å²) in [6, 6.07) is 18.8. The third-order valence-electron chi connectivity index (χ3n) is 4.90. The molecule has 0 spiro atoms. The summed E-state index contributed by atoms with van der Waals surface area (Å²) in [4.78, 5) is 25.3. The van der Waals surface area contributed by atoms with Crippen molar-refractivity contribution in [3.05, 3.63) is 83.6 Å². The molecule has 2 aromatic carbocycles. The fraction of sp³-hybridized carbons (Fsp3) is 0.273. The Bertz CT molecular complexity index is 867. The van der Waals surface area contributed by atoms with Crippen LogP contribution in [0, 0.1) is 0 Å². The zero-order valence-electron chi connectivity index (χ0n) is 15.5. The van der Waals surface area contributed by atoms with Crippen molar-refractivity contribution in [3.8, 4) is 0 Å². The molecule has 1 atom stereocenters. The summed E-state index contributed by atoms with van der Waals surface area (Å²) in [5, 5.41) is 2.68. The summed E-state index contributed by atoms with van der Waals surface area (Å²) in [6.45, 7) is 0.315. The summed E-state index contributed by atoms with van der Waals surface area (Å²) in [5.74, 6) is 0. The molecule has 6 heteroatoms. The Kier molecular flexibility index (Phi) is 5.28. The number of rotatable bonds is 4. The van der Waals surface area contributed by atoms with Crippen LogP contribution < -0.4 is 0 Å². The minimum atomic E-state index is -0.565. The van der Waals surface area contributed by atoms with E-state index in [0.717, 1.165) is 36.1 Å². The lowest BCUT2D eigenvalue weighted by atomic mass is 9.94. The third-order valence-corrected chi connectivity index (χ3v) is 4.90. The molecule has 1 aliphatic carbocycles. The van der Waals surface area contributed by atoms with E-state index in [9.17, 15) is 9.59 Å². The molecule has 1 heterocycles. The Hall–Kier alpha value is -3.28. The van der Waals surface area contributed by atoms with Crippen LogP contribution in [0.4, 0.5) is 9.59 Å². The number of ether oxygens (including phenoxy) is 2. The van der Waals surface area contributed by atoms with E-state index < -0.39 is 12.2 Å². The first-order valence-electron chi connectivity index (χ1n) is 9.45. The molecule has 0 aromatic heterocycles. The summed E-state index contributed by atoms with van der Waals surface area (Å²) in [5.41, 5.74) is 2.61. The van der Waals surface area contributed by atoms with E-state index in [2.05, 4.69) is 0 Å². The number of allylic oxidation sites excluding steroid dienone is 1. The Morgan fingerprint density at radius 1 is 0.857 bits per heavy atom. The molecule has 2 amide bonds. The normalized spacial score (nSPS) is 17.9. The lowest BCUT2D eigenvalue weighted by Gasteiger charge is -2.51. The monoisotopic (exact) mass is 378 g/mol. The van der Waals surface area contributed by atoms with Gasteiger partial charge in [0.15, 0.2) is 0 Å². The van der Waals surface area contributed by atoms with Gasteiger partial charge in [-0.3, -0.25) is 0 Å².